The van der Waals surface area contributed by atoms with Gasteiger partial charge in [0.1, 0.15) is 5.82 Å². The Morgan fingerprint density at radius 1 is 1.33 bits per heavy atom. The highest BCUT2D eigenvalue weighted by atomic mass is 35.5. The van der Waals surface area contributed by atoms with Crippen LogP contribution in [0.25, 0.3) is 11.0 Å². The molecule has 3 atom stereocenters. The molecule has 2 heterocycles. The van der Waals surface area contributed by atoms with Crippen LogP contribution in [0.2, 0.25) is 5.28 Å². The van der Waals surface area contributed by atoms with E-state index in [9.17, 15) is 0 Å². The molecule has 2 aliphatic carbocycles. The Labute approximate surface area is 128 Å². The highest BCUT2D eigenvalue weighted by Gasteiger charge is 2.59. The monoisotopic (exact) mass is 305 g/mol. The Kier molecular flexibility index (Phi) is 2.60. The zero-order chi connectivity index (χ0) is 14.8. The number of halogens is 1. The van der Waals surface area contributed by atoms with Crippen molar-refractivity contribution in [2.75, 3.05) is 5.32 Å². The van der Waals surface area contributed by atoms with Gasteiger partial charge in [-0.1, -0.05) is 20.8 Å². The van der Waals surface area contributed by atoms with Crippen LogP contribution in [0.1, 0.15) is 40.0 Å². The third kappa shape index (κ3) is 1.79. The van der Waals surface area contributed by atoms with Crippen molar-refractivity contribution in [3.63, 3.8) is 0 Å². The van der Waals surface area contributed by atoms with Gasteiger partial charge in [-0.3, -0.25) is 5.10 Å². The lowest BCUT2D eigenvalue weighted by atomic mass is 9.68. The second-order valence-electron chi connectivity index (χ2n) is 7.47. The Morgan fingerprint density at radius 2 is 2.14 bits per heavy atom. The van der Waals surface area contributed by atoms with Gasteiger partial charge in [0.15, 0.2) is 5.65 Å². The van der Waals surface area contributed by atoms with Crippen molar-refractivity contribution in [2.45, 2.75) is 46.1 Å². The number of anilines is 1. The smallest absolute Gasteiger partial charge is 0.226 e. The fraction of sp³-hybridized carbons (Fsp3) is 0.667. The minimum absolute atomic E-state index is 0.250. The maximum absolute atomic E-state index is 6.04. The Hall–Kier alpha value is -1.36. The van der Waals surface area contributed by atoms with Crippen molar-refractivity contribution in [1.29, 1.82) is 0 Å². The molecule has 3 unspecified atom stereocenters. The zero-order valence-electron chi connectivity index (χ0n) is 12.6. The van der Waals surface area contributed by atoms with E-state index in [0.717, 1.165) is 17.1 Å². The van der Waals surface area contributed by atoms with Crippen LogP contribution in [0.4, 0.5) is 5.82 Å². The van der Waals surface area contributed by atoms with E-state index in [2.05, 4.69) is 46.3 Å². The van der Waals surface area contributed by atoms with Crippen LogP contribution in [0.3, 0.4) is 0 Å². The van der Waals surface area contributed by atoms with Crippen molar-refractivity contribution >= 4 is 28.5 Å². The second kappa shape index (κ2) is 4.09. The van der Waals surface area contributed by atoms with E-state index in [1.54, 1.807) is 6.20 Å². The molecule has 0 amide bonds. The molecular formula is C15H20ClN5. The van der Waals surface area contributed by atoms with Crippen LogP contribution in [0, 0.1) is 16.7 Å². The van der Waals surface area contributed by atoms with Gasteiger partial charge in [0.2, 0.25) is 5.28 Å². The van der Waals surface area contributed by atoms with Gasteiger partial charge < -0.3 is 5.32 Å². The van der Waals surface area contributed by atoms with Gasteiger partial charge in [0.25, 0.3) is 0 Å². The van der Waals surface area contributed by atoms with Gasteiger partial charge >= 0.3 is 0 Å². The zero-order valence-corrected chi connectivity index (χ0v) is 13.3. The number of hydrogen-bond donors (Lipinski definition) is 2. The summed E-state index contributed by atoms with van der Waals surface area (Å²) < 4.78 is 0. The molecule has 2 N–H and O–H groups in total. The Bertz CT molecular complexity index is 704. The van der Waals surface area contributed by atoms with Gasteiger partial charge in [-0.2, -0.15) is 15.1 Å². The summed E-state index contributed by atoms with van der Waals surface area (Å²) in [5.74, 6) is 1.59. The molecule has 2 aliphatic rings. The van der Waals surface area contributed by atoms with Crippen LogP contribution in [0.15, 0.2) is 6.20 Å². The molecule has 0 radical (unpaired) electrons. The van der Waals surface area contributed by atoms with Crippen molar-refractivity contribution in [3.05, 3.63) is 11.5 Å². The number of hydrogen-bond acceptors (Lipinski definition) is 4. The highest BCUT2D eigenvalue weighted by molar-refractivity contribution is 6.28. The first-order chi connectivity index (χ1) is 9.90. The molecule has 0 aliphatic heterocycles. The summed E-state index contributed by atoms with van der Waals surface area (Å²) in [5.41, 5.74) is 1.28. The predicted octanol–water partition coefficient (Wildman–Crippen LogP) is 3.63. The summed E-state index contributed by atoms with van der Waals surface area (Å²) in [4.78, 5) is 8.57. The number of H-pyrrole nitrogens is 1. The third-order valence-electron chi connectivity index (χ3n) is 5.83. The lowest BCUT2D eigenvalue weighted by molar-refractivity contribution is 0.155. The summed E-state index contributed by atoms with van der Waals surface area (Å²) in [5, 5.41) is 11.7. The van der Waals surface area contributed by atoms with Crippen molar-refractivity contribution in [3.8, 4) is 0 Å². The molecule has 2 fully saturated rings. The molecule has 0 aromatic carbocycles. The minimum atomic E-state index is 0.250. The van der Waals surface area contributed by atoms with E-state index >= 15 is 0 Å². The van der Waals surface area contributed by atoms with E-state index in [4.69, 9.17) is 11.6 Å². The molecular weight excluding hydrogens is 286 g/mol. The van der Waals surface area contributed by atoms with E-state index in [1.165, 1.54) is 19.3 Å². The molecule has 2 aromatic rings. The van der Waals surface area contributed by atoms with Crippen LogP contribution in [0.5, 0.6) is 0 Å². The van der Waals surface area contributed by atoms with Gasteiger partial charge in [0.05, 0.1) is 11.6 Å². The summed E-state index contributed by atoms with van der Waals surface area (Å²) in [6.07, 6.45) is 5.68. The first-order valence-electron chi connectivity index (χ1n) is 7.53. The average molecular weight is 306 g/mol. The topological polar surface area (TPSA) is 66.5 Å². The van der Waals surface area contributed by atoms with E-state index in [0.29, 0.717) is 17.1 Å². The SMILES string of the molecule is CC12CCC(C1)C(C)(C)C2Nc1nc(Cl)nc2[nH]ncc12. The average Bonchev–Trinajstić information content (AvgIpc) is 3.05. The van der Waals surface area contributed by atoms with Crippen molar-refractivity contribution in [1.82, 2.24) is 20.2 Å². The summed E-state index contributed by atoms with van der Waals surface area (Å²) >= 11 is 6.04. The number of aromatic amines is 1. The van der Waals surface area contributed by atoms with Gasteiger partial charge in [-0.05, 0) is 47.6 Å². The minimum Gasteiger partial charge on any atom is -0.365 e. The quantitative estimate of drug-likeness (QED) is 0.831. The fourth-order valence-electron chi connectivity index (χ4n) is 4.72. The number of fused-ring (bicyclic) bond motifs is 3. The van der Waals surface area contributed by atoms with Crippen molar-refractivity contribution in [2.24, 2.45) is 16.7 Å². The van der Waals surface area contributed by atoms with E-state index in [1.807, 2.05) is 0 Å². The summed E-state index contributed by atoms with van der Waals surface area (Å²) in [6, 6.07) is 0.396. The van der Waals surface area contributed by atoms with E-state index < -0.39 is 0 Å². The predicted molar refractivity (Wildman–Crippen MR) is 83.3 cm³/mol. The molecule has 0 saturated heterocycles. The standard InChI is InChI=1S/C15H20ClN5/c1-14(2)8-4-5-15(3,6-8)12(14)18-10-9-7-17-21-11(9)20-13(16)19-10/h7-8,12H,4-6H2,1-3H3,(H2,17,18,19,20,21). The fourth-order valence-corrected chi connectivity index (χ4v) is 4.89. The van der Waals surface area contributed by atoms with Crippen molar-refractivity contribution < 1.29 is 0 Å². The number of nitrogens with one attached hydrogen (secondary N) is 2. The van der Waals surface area contributed by atoms with E-state index in [-0.39, 0.29) is 10.7 Å². The number of aromatic nitrogens is 4. The first-order valence-corrected chi connectivity index (χ1v) is 7.91. The van der Waals surface area contributed by atoms with Crippen LogP contribution in [-0.4, -0.2) is 26.2 Å². The first kappa shape index (κ1) is 13.3. The molecule has 21 heavy (non-hydrogen) atoms. The number of rotatable bonds is 2. The number of nitrogens with zero attached hydrogens (tertiary/aromatic N) is 3. The normalized spacial score (nSPS) is 33.7. The highest BCUT2D eigenvalue weighted by Crippen LogP contribution is 2.63. The summed E-state index contributed by atoms with van der Waals surface area (Å²) in [7, 11) is 0. The molecule has 2 saturated carbocycles. The largest absolute Gasteiger partial charge is 0.365 e. The maximum atomic E-state index is 6.04. The molecule has 6 heteroatoms. The second-order valence-corrected chi connectivity index (χ2v) is 7.80. The maximum Gasteiger partial charge on any atom is 0.226 e. The Morgan fingerprint density at radius 3 is 2.86 bits per heavy atom. The summed E-state index contributed by atoms with van der Waals surface area (Å²) in [6.45, 7) is 7.14. The molecule has 2 bridgehead atoms. The molecule has 5 nitrogen and oxygen atoms in total. The van der Waals surface area contributed by atoms with Crippen LogP contribution >= 0.6 is 11.6 Å². The Balaban J connectivity index is 1.76. The van der Waals surface area contributed by atoms with Crippen LogP contribution in [-0.2, 0) is 0 Å². The lowest BCUT2D eigenvalue weighted by Crippen LogP contribution is -2.46. The van der Waals surface area contributed by atoms with Gasteiger partial charge in [-0.25, -0.2) is 0 Å². The molecule has 2 aromatic heterocycles. The van der Waals surface area contributed by atoms with Gasteiger partial charge in [-0.15, -0.1) is 0 Å². The van der Waals surface area contributed by atoms with Gasteiger partial charge in [0, 0.05) is 6.04 Å². The lowest BCUT2D eigenvalue weighted by Gasteiger charge is -2.43. The molecule has 0 spiro atoms. The molecule has 112 valence electrons. The molecule has 4 rings (SSSR count). The third-order valence-corrected chi connectivity index (χ3v) is 6.00. The van der Waals surface area contributed by atoms with Crippen LogP contribution < -0.4 is 5.32 Å².